The third kappa shape index (κ3) is 6.89. The Morgan fingerprint density at radius 1 is 0.865 bits per heavy atom. The molecule has 3 N–H and O–H groups in total. The normalized spacial score (nSPS) is 11.7. The van der Waals surface area contributed by atoms with Crippen molar-refractivity contribution in [2.45, 2.75) is 64.5 Å². The van der Waals surface area contributed by atoms with E-state index in [2.05, 4.69) is 73.5 Å². The van der Waals surface area contributed by atoms with Gasteiger partial charge < -0.3 is 16.0 Å². The molecule has 196 valence electrons. The molecule has 3 rings (SSSR count). The molecular formula is C29H37N5O2S. The predicted octanol–water partition coefficient (Wildman–Crippen LogP) is 6.65. The lowest BCUT2D eigenvalue weighted by Crippen LogP contribution is -2.20. The van der Waals surface area contributed by atoms with Gasteiger partial charge in [0.15, 0.2) is 5.16 Å². The fourth-order valence-electron chi connectivity index (χ4n) is 3.67. The number of amides is 2. The van der Waals surface area contributed by atoms with Gasteiger partial charge >= 0.3 is 0 Å². The third-order valence-corrected chi connectivity index (χ3v) is 6.66. The number of anilines is 3. The van der Waals surface area contributed by atoms with Crippen molar-refractivity contribution < 1.29 is 9.59 Å². The minimum Gasteiger partial charge on any atom is -0.372 e. The van der Waals surface area contributed by atoms with Crippen LogP contribution in [0, 0.1) is 6.92 Å². The largest absolute Gasteiger partial charge is 0.372 e. The molecule has 0 atom stereocenters. The minimum atomic E-state index is -0.337. The maximum absolute atomic E-state index is 13.3. The summed E-state index contributed by atoms with van der Waals surface area (Å²) in [6, 6.07) is 11.6. The van der Waals surface area contributed by atoms with E-state index in [0.29, 0.717) is 33.5 Å². The van der Waals surface area contributed by atoms with Crippen LogP contribution in [0.5, 0.6) is 0 Å². The molecule has 8 heteroatoms. The van der Waals surface area contributed by atoms with Crippen LogP contribution in [0.2, 0.25) is 0 Å². The molecule has 0 radical (unpaired) electrons. The number of carbonyl (C=O) groups is 2. The maximum atomic E-state index is 13.3. The second-order valence-corrected chi connectivity index (χ2v) is 11.9. The van der Waals surface area contributed by atoms with Crippen LogP contribution in [0.15, 0.2) is 47.8 Å². The lowest BCUT2D eigenvalue weighted by atomic mass is 9.79. The van der Waals surface area contributed by atoms with Crippen LogP contribution in [-0.2, 0) is 10.8 Å². The maximum Gasteiger partial charge on any atom is 0.261 e. The van der Waals surface area contributed by atoms with E-state index in [1.54, 1.807) is 13.1 Å². The second-order valence-electron chi connectivity index (χ2n) is 11.1. The highest BCUT2D eigenvalue weighted by Gasteiger charge is 2.22. The Labute approximate surface area is 224 Å². The molecule has 2 aromatic carbocycles. The van der Waals surface area contributed by atoms with Crippen LogP contribution in [0.4, 0.5) is 17.2 Å². The molecule has 1 heterocycles. The van der Waals surface area contributed by atoms with Crippen molar-refractivity contribution in [2.24, 2.45) is 0 Å². The van der Waals surface area contributed by atoms with Gasteiger partial charge in [0.1, 0.15) is 11.4 Å². The zero-order valence-electron chi connectivity index (χ0n) is 23.2. The number of hydrogen-bond donors (Lipinski definition) is 3. The van der Waals surface area contributed by atoms with E-state index < -0.39 is 0 Å². The molecule has 3 aromatic rings. The number of benzene rings is 2. The standard InChI is InChI=1S/C29H37N5O2S/c1-17-10-11-21(15-23(17)33-26(36)22-16-31-27(37-9)34-24(22)30-8)32-25(35)18-12-19(28(2,3)4)14-20(13-18)29(5,6)7/h10-16H,1-9H3,(H,32,35)(H,33,36)(H,30,31,34). The summed E-state index contributed by atoms with van der Waals surface area (Å²) in [4.78, 5) is 34.9. The van der Waals surface area contributed by atoms with E-state index in [-0.39, 0.29) is 22.6 Å². The van der Waals surface area contributed by atoms with Crippen LogP contribution in [0.25, 0.3) is 0 Å². The molecule has 2 amide bonds. The number of aromatic nitrogens is 2. The average molecular weight is 520 g/mol. The summed E-state index contributed by atoms with van der Waals surface area (Å²) in [7, 11) is 1.71. The van der Waals surface area contributed by atoms with Crippen LogP contribution in [0.1, 0.15) is 78.9 Å². The summed E-state index contributed by atoms with van der Waals surface area (Å²) in [5.41, 5.74) is 5.02. The molecule has 0 saturated heterocycles. The highest BCUT2D eigenvalue weighted by atomic mass is 32.2. The lowest BCUT2D eigenvalue weighted by Gasteiger charge is -2.26. The Kier molecular flexibility index (Phi) is 8.32. The van der Waals surface area contributed by atoms with Crippen molar-refractivity contribution in [1.82, 2.24) is 9.97 Å². The van der Waals surface area contributed by atoms with E-state index in [0.717, 1.165) is 16.7 Å². The van der Waals surface area contributed by atoms with Gasteiger partial charge in [0.05, 0.1) is 0 Å². The number of nitrogens with one attached hydrogen (secondary N) is 3. The van der Waals surface area contributed by atoms with Crippen molar-refractivity contribution in [3.8, 4) is 0 Å². The number of aryl methyl sites for hydroxylation is 1. The molecule has 37 heavy (non-hydrogen) atoms. The Morgan fingerprint density at radius 2 is 1.49 bits per heavy atom. The van der Waals surface area contributed by atoms with Gasteiger partial charge in [-0.1, -0.05) is 65.4 Å². The van der Waals surface area contributed by atoms with Crippen molar-refractivity contribution in [3.63, 3.8) is 0 Å². The summed E-state index contributed by atoms with van der Waals surface area (Å²) in [5.74, 6) is -0.0835. The monoisotopic (exact) mass is 519 g/mol. The van der Waals surface area contributed by atoms with Gasteiger partial charge in [-0.25, -0.2) is 9.97 Å². The minimum absolute atomic E-state index is 0.0957. The third-order valence-electron chi connectivity index (χ3n) is 6.10. The number of nitrogens with zero attached hydrogens (tertiary/aromatic N) is 2. The van der Waals surface area contributed by atoms with Gasteiger partial charge in [-0.15, -0.1) is 0 Å². The quantitative estimate of drug-likeness (QED) is 0.249. The molecule has 0 aliphatic rings. The smallest absolute Gasteiger partial charge is 0.261 e. The summed E-state index contributed by atoms with van der Waals surface area (Å²) in [5, 5.41) is 9.47. The molecule has 0 fully saturated rings. The van der Waals surface area contributed by atoms with Crippen LogP contribution in [-0.4, -0.2) is 35.1 Å². The number of carbonyl (C=O) groups excluding carboxylic acids is 2. The Morgan fingerprint density at radius 3 is 2.03 bits per heavy atom. The molecule has 0 aliphatic heterocycles. The summed E-state index contributed by atoms with van der Waals surface area (Å²) in [6.45, 7) is 14.8. The van der Waals surface area contributed by atoms with Crippen LogP contribution < -0.4 is 16.0 Å². The van der Waals surface area contributed by atoms with E-state index in [4.69, 9.17) is 0 Å². The molecular weight excluding hydrogens is 482 g/mol. The fourth-order valence-corrected chi connectivity index (χ4v) is 4.01. The van der Waals surface area contributed by atoms with Gasteiger partial charge in [-0.2, -0.15) is 0 Å². The summed E-state index contributed by atoms with van der Waals surface area (Å²) >= 11 is 1.40. The molecule has 0 bridgehead atoms. The topological polar surface area (TPSA) is 96.0 Å². The molecule has 7 nitrogen and oxygen atoms in total. The SMILES string of the molecule is CNc1nc(SC)ncc1C(=O)Nc1cc(NC(=O)c2cc(C(C)(C)C)cc(C(C)(C)C)c2)ccc1C. The first kappa shape index (κ1) is 28.2. The fraction of sp³-hybridized carbons (Fsp3) is 0.379. The molecule has 0 spiro atoms. The lowest BCUT2D eigenvalue weighted by molar-refractivity contribution is 0.101. The first-order chi connectivity index (χ1) is 17.2. The van der Waals surface area contributed by atoms with Gasteiger partial charge in [-0.05, 0) is 65.0 Å². The van der Waals surface area contributed by atoms with Gasteiger partial charge in [0.25, 0.3) is 11.8 Å². The number of thioether (sulfide) groups is 1. The molecule has 0 aliphatic carbocycles. The number of rotatable bonds is 6. The molecule has 0 unspecified atom stereocenters. The Bertz CT molecular complexity index is 1290. The van der Waals surface area contributed by atoms with Crippen molar-refractivity contribution in [1.29, 1.82) is 0 Å². The highest BCUT2D eigenvalue weighted by Crippen LogP contribution is 2.31. The van der Waals surface area contributed by atoms with E-state index in [1.807, 2.05) is 37.4 Å². The van der Waals surface area contributed by atoms with Gasteiger partial charge in [0.2, 0.25) is 0 Å². The second kappa shape index (κ2) is 10.9. The Hall–Kier alpha value is -3.39. The summed E-state index contributed by atoms with van der Waals surface area (Å²) in [6.07, 6.45) is 3.39. The van der Waals surface area contributed by atoms with E-state index in [9.17, 15) is 9.59 Å². The highest BCUT2D eigenvalue weighted by molar-refractivity contribution is 7.98. The molecule has 1 aromatic heterocycles. The number of hydrogen-bond acceptors (Lipinski definition) is 6. The zero-order valence-corrected chi connectivity index (χ0v) is 24.0. The van der Waals surface area contributed by atoms with Crippen LogP contribution in [0.3, 0.4) is 0 Å². The van der Waals surface area contributed by atoms with Crippen molar-refractivity contribution in [3.05, 3.63) is 70.4 Å². The van der Waals surface area contributed by atoms with E-state index >= 15 is 0 Å². The van der Waals surface area contributed by atoms with Crippen molar-refractivity contribution in [2.75, 3.05) is 29.3 Å². The van der Waals surface area contributed by atoms with Crippen molar-refractivity contribution >= 4 is 40.8 Å². The first-order valence-corrected chi connectivity index (χ1v) is 13.4. The van der Waals surface area contributed by atoms with E-state index in [1.165, 1.54) is 18.0 Å². The molecule has 0 saturated carbocycles. The van der Waals surface area contributed by atoms with Gasteiger partial charge in [-0.3, -0.25) is 9.59 Å². The zero-order chi connectivity index (χ0) is 27.5. The van der Waals surface area contributed by atoms with Gasteiger partial charge in [0, 0.05) is 30.2 Å². The predicted molar refractivity (Wildman–Crippen MR) is 154 cm³/mol. The Balaban J connectivity index is 1.88. The summed E-state index contributed by atoms with van der Waals surface area (Å²) < 4.78 is 0. The average Bonchev–Trinajstić information content (AvgIpc) is 2.84. The van der Waals surface area contributed by atoms with Crippen LogP contribution >= 0.6 is 11.8 Å². The first-order valence-electron chi connectivity index (χ1n) is 12.2.